The molecule has 0 atom stereocenters. The highest BCUT2D eigenvalue weighted by Gasteiger charge is 2.17. The summed E-state index contributed by atoms with van der Waals surface area (Å²) in [6.07, 6.45) is 0. The maximum Gasteiger partial charge on any atom is 0.336 e. The molecule has 1 amide bonds. The first kappa shape index (κ1) is 24.4. The number of benzene rings is 3. The Morgan fingerprint density at radius 3 is 2.53 bits per heavy atom. The molecule has 0 aliphatic carbocycles. The smallest absolute Gasteiger partial charge is 0.336 e. The van der Waals surface area contributed by atoms with Gasteiger partial charge < -0.3 is 14.8 Å². The minimum atomic E-state index is -0.539. The van der Waals surface area contributed by atoms with E-state index in [4.69, 9.17) is 9.47 Å². The fourth-order valence-corrected chi connectivity index (χ4v) is 3.37. The van der Waals surface area contributed by atoms with Crippen LogP contribution in [0.2, 0.25) is 0 Å². The molecule has 0 saturated carbocycles. The number of non-ortho nitro benzene ring substituents is 1. The summed E-state index contributed by atoms with van der Waals surface area (Å²) in [5, 5.41) is 18.3. The lowest BCUT2D eigenvalue weighted by Crippen LogP contribution is -2.12. The van der Waals surface area contributed by atoms with E-state index in [0.29, 0.717) is 35.5 Å². The zero-order valence-corrected chi connectivity index (χ0v) is 20.0. The van der Waals surface area contributed by atoms with Crippen molar-refractivity contribution in [3.63, 3.8) is 0 Å². The largest absolute Gasteiger partial charge is 0.497 e. The predicted octanol–water partition coefficient (Wildman–Crippen LogP) is 5.14. The monoisotopic (exact) mass is 487 g/mol. The van der Waals surface area contributed by atoms with E-state index in [1.165, 1.54) is 24.3 Å². The molecule has 0 spiro atoms. The number of hydrogen-bond acceptors (Lipinski definition) is 7. The van der Waals surface area contributed by atoms with E-state index in [1.54, 1.807) is 36.1 Å². The van der Waals surface area contributed by atoms with Crippen LogP contribution in [-0.2, 0) is 0 Å². The Kier molecular flexibility index (Phi) is 7.24. The van der Waals surface area contributed by atoms with Crippen LogP contribution in [0.5, 0.6) is 11.8 Å². The summed E-state index contributed by atoms with van der Waals surface area (Å²) in [6.45, 7) is 4.56. The Labute approximate surface area is 207 Å². The van der Waals surface area contributed by atoms with Crippen LogP contribution < -0.4 is 14.8 Å². The van der Waals surface area contributed by atoms with Crippen molar-refractivity contribution in [2.45, 2.75) is 13.8 Å². The number of rotatable bonds is 9. The van der Waals surface area contributed by atoms with E-state index in [2.05, 4.69) is 15.4 Å². The van der Waals surface area contributed by atoms with E-state index >= 15 is 0 Å². The summed E-state index contributed by atoms with van der Waals surface area (Å²) in [6, 6.07) is 20.3. The van der Waals surface area contributed by atoms with Crippen LogP contribution in [-0.4, -0.2) is 39.3 Å². The molecule has 3 aromatic carbocycles. The molecule has 36 heavy (non-hydrogen) atoms. The molecule has 1 N–H and O–H groups in total. The number of aromatic nitrogens is 3. The van der Waals surface area contributed by atoms with Gasteiger partial charge in [-0.15, -0.1) is 5.10 Å². The van der Waals surface area contributed by atoms with E-state index in [1.807, 2.05) is 38.1 Å². The number of amides is 1. The number of ether oxygens (including phenoxy) is 2. The highest BCUT2D eigenvalue weighted by Crippen LogP contribution is 2.27. The van der Waals surface area contributed by atoms with Gasteiger partial charge in [0.1, 0.15) is 5.75 Å². The maximum atomic E-state index is 12.6. The highest BCUT2D eigenvalue weighted by atomic mass is 16.6. The quantitative estimate of drug-likeness (QED) is 0.256. The highest BCUT2D eigenvalue weighted by molar-refractivity contribution is 6.04. The van der Waals surface area contributed by atoms with Crippen LogP contribution in [0, 0.1) is 16.0 Å². The molecular formula is C26H25N5O5. The van der Waals surface area contributed by atoms with Gasteiger partial charge in [0.25, 0.3) is 11.6 Å². The van der Waals surface area contributed by atoms with E-state index in [-0.39, 0.29) is 17.3 Å². The predicted molar refractivity (Wildman–Crippen MR) is 135 cm³/mol. The van der Waals surface area contributed by atoms with Crippen molar-refractivity contribution >= 4 is 17.3 Å². The van der Waals surface area contributed by atoms with E-state index in [0.717, 1.165) is 5.56 Å². The second-order valence-electron chi connectivity index (χ2n) is 8.38. The number of nitro groups is 1. The minimum absolute atomic E-state index is 0.148. The van der Waals surface area contributed by atoms with Crippen molar-refractivity contribution in [3.8, 4) is 28.8 Å². The Morgan fingerprint density at radius 1 is 1.08 bits per heavy atom. The molecule has 0 bridgehead atoms. The summed E-state index contributed by atoms with van der Waals surface area (Å²) in [5.74, 6) is 1.12. The zero-order chi connectivity index (χ0) is 25.7. The first-order chi connectivity index (χ1) is 17.3. The van der Waals surface area contributed by atoms with Gasteiger partial charge in [-0.25, -0.2) is 4.68 Å². The number of nitro benzene ring substituents is 1. The average molecular weight is 488 g/mol. The second kappa shape index (κ2) is 10.7. The molecule has 1 aromatic heterocycles. The number of anilines is 1. The minimum Gasteiger partial charge on any atom is -0.497 e. The summed E-state index contributed by atoms with van der Waals surface area (Å²) < 4.78 is 12.8. The van der Waals surface area contributed by atoms with Crippen LogP contribution in [0.1, 0.15) is 24.2 Å². The molecule has 0 aliphatic heterocycles. The van der Waals surface area contributed by atoms with Crippen molar-refractivity contribution in [2.75, 3.05) is 19.0 Å². The zero-order valence-electron chi connectivity index (χ0n) is 20.0. The number of methoxy groups -OCH3 is 1. The third kappa shape index (κ3) is 5.66. The van der Waals surface area contributed by atoms with Gasteiger partial charge in [-0.05, 0) is 48.4 Å². The number of nitrogens with zero attached hydrogens (tertiary/aromatic N) is 4. The molecule has 184 valence electrons. The molecule has 1 heterocycles. The molecule has 4 rings (SSSR count). The molecule has 0 fully saturated rings. The van der Waals surface area contributed by atoms with Crippen molar-refractivity contribution in [2.24, 2.45) is 5.92 Å². The lowest BCUT2D eigenvalue weighted by Gasteiger charge is -2.09. The first-order valence-corrected chi connectivity index (χ1v) is 11.2. The summed E-state index contributed by atoms with van der Waals surface area (Å²) >= 11 is 0. The number of hydrogen-bond donors (Lipinski definition) is 1. The second-order valence-corrected chi connectivity index (χ2v) is 8.38. The van der Waals surface area contributed by atoms with Crippen molar-refractivity contribution in [1.29, 1.82) is 0 Å². The van der Waals surface area contributed by atoms with Crippen molar-refractivity contribution in [3.05, 3.63) is 88.5 Å². The molecule has 0 aliphatic rings. The number of carbonyl (C=O) groups is 1. The Bertz CT molecular complexity index is 1380. The topological polar surface area (TPSA) is 121 Å². The lowest BCUT2D eigenvalue weighted by atomic mass is 10.2. The third-order valence-electron chi connectivity index (χ3n) is 5.15. The van der Waals surface area contributed by atoms with Gasteiger partial charge in [0.2, 0.25) is 0 Å². The van der Waals surface area contributed by atoms with Gasteiger partial charge >= 0.3 is 6.01 Å². The van der Waals surface area contributed by atoms with Gasteiger partial charge in [-0.1, -0.05) is 32.0 Å². The molecule has 0 saturated heterocycles. The van der Waals surface area contributed by atoms with Crippen LogP contribution in [0.15, 0.2) is 72.8 Å². The van der Waals surface area contributed by atoms with Gasteiger partial charge in [0.15, 0.2) is 5.82 Å². The van der Waals surface area contributed by atoms with Crippen molar-refractivity contribution < 1.29 is 19.2 Å². The average Bonchev–Trinajstić information content (AvgIpc) is 3.32. The molecule has 0 unspecified atom stereocenters. The van der Waals surface area contributed by atoms with Gasteiger partial charge in [0.05, 0.1) is 24.3 Å². The standard InChI is InChI=1S/C26H25N5O5/c1-17(2)16-36-26-28-24(18-6-5-9-23(15-18)35-3)30(29-26)21-12-10-20(11-13-21)27-25(32)19-7-4-8-22(14-19)31(33)34/h4-15,17H,16H2,1-3H3,(H,27,32). The summed E-state index contributed by atoms with van der Waals surface area (Å²) in [5.41, 5.74) is 2.06. The Hall–Kier alpha value is -4.73. The fraction of sp³-hybridized carbons (Fsp3) is 0.192. The molecular weight excluding hydrogens is 462 g/mol. The van der Waals surface area contributed by atoms with Crippen molar-refractivity contribution in [1.82, 2.24) is 14.8 Å². The van der Waals surface area contributed by atoms with E-state index < -0.39 is 10.8 Å². The number of carbonyl (C=O) groups excluding carboxylic acids is 1. The fourth-order valence-electron chi connectivity index (χ4n) is 3.37. The summed E-state index contributed by atoms with van der Waals surface area (Å²) in [4.78, 5) is 27.6. The molecule has 10 nitrogen and oxygen atoms in total. The Balaban J connectivity index is 1.61. The number of nitrogens with one attached hydrogen (secondary N) is 1. The van der Waals surface area contributed by atoms with Gasteiger partial charge in [-0.2, -0.15) is 4.98 Å². The van der Waals surface area contributed by atoms with Gasteiger partial charge in [0, 0.05) is 28.9 Å². The lowest BCUT2D eigenvalue weighted by molar-refractivity contribution is -0.384. The third-order valence-corrected chi connectivity index (χ3v) is 5.15. The van der Waals surface area contributed by atoms with Gasteiger partial charge in [-0.3, -0.25) is 14.9 Å². The first-order valence-electron chi connectivity index (χ1n) is 11.2. The van der Waals surface area contributed by atoms with Crippen LogP contribution in [0.4, 0.5) is 11.4 Å². The molecule has 0 radical (unpaired) electrons. The van der Waals surface area contributed by atoms with Crippen LogP contribution >= 0.6 is 0 Å². The van der Waals surface area contributed by atoms with E-state index in [9.17, 15) is 14.9 Å². The normalized spacial score (nSPS) is 10.8. The Morgan fingerprint density at radius 2 is 1.83 bits per heavy atom. The molecule has 4 aromatic rings. The molecule has 10 heteroatoms. The van der Waals surface area contributed by atoms with Crippen LogP contribution in [0.3, 0.4) is 0 Å². The maximum absolute atomic E-state index is 12.6. The SMILES string of the molecule is COc1cccc(-c2nc(OCC(C)C)nn2-c2ccc(NC(=O)c3cccc([N+](=O)[O-])c3)cc2)c1. The van der Waals surface area contributed by atoms with Crippen LogP contribution in [0.25, 0.3) is 17.1 Å². The summed E-state index contributed by atoms with van der Waals surface area (Å²) in [7, 11) is 1.60.